The van der Waals surface area contributed by atoms with Crippen LogP contribution in [0.2, 0.25) is 0 Å². The van der Waals surface area contributed by atoms with Gasteiger partial charge in [-0.2, -0.15) is 0 Å². The summed E-state index contributed by atoms with van der Waals surface area (Å²) in [7, 11) is 4.40. The van der Waals surface area contributed by atoms with E-state index in [0.29, 0.717) is 12.1 Å². The smallest absolute Gasteiger partial charge is 0.0244 e. The molecule has 0 bridgehead atoms. The van der Waals surface area contributed by atoms with Crippen molar-refractivity contribution in [1.29, 1.82) is 0 Å². The fourth-order valence-electron chi connectivity index (χ4n) is 2.63. The van der Waals surface area contributed by atoms with Crippen LogP contribution in [0.3, 0.4) is 0 Å². The van der Waals surface area contributed by atoms with Crippen molar-refractivity contribution in [3.63, 3.8) is 0 Å². The summed E-state index contributed by atoms with van der Waals surface area (Å²) in [5.74, 6) is 0.724. The van der Waals surface area contributed by atoms with Gasteiger partial charge in [0, 0.05) is 37.8 Å². The molecule has 2 atom stereocenters. The molecular formula is C14H31N3. The molecule has 1 fully saturated rings. The quantitative estimate of drug-likeness (QED) is 0.763. The van der Waals surface area contributed by atoms with Crippen LogP contribution in [-0.2, 0) is 0 Å². The van der Waals surface area contributed by atoms with Crippen LogP contribution in [0.4, 0.5) is 0 Å². The zero-order valence-corrected chi connectivity index (χ0v) is 12.5. The van der Waals surface area contributed by atoms with E-state index in [1.54, 1.807) is 0 Å². The molecule has 3 heteroatoms. The second kappa shape index (κ2) is 6.72. The molecule has 3 nitrogen and oxygen atoms in total. The van der Waals surface area contributed by atoms with Gasteiger partial charge in [0.05, 0.1) is 0 Å². The highest BCUT2D eigenvalue weighted by Crippen LogP contribution is 2.20. The number of nitrogens with one attached hydrogen (secondary N) is 1. The normalized spacial score (nSPS) is 24.2. The van der Waals surface area contributed by atoms with E-state index in [4.69, 9.17) is 0 Å². The van der Waals surface area contributed by atoms with Gasteiger partial charge in [0.1, 0.15) is 0 Å². The lowest BCUT2D eigenvalue weighted by Gasteiger charge is -2.32. The summed E-state index contributed by atoms with van der Waals surface area (Å²) in [5, 5.41) is 3.59. The molecule has 0 aromatic carbocycles. The van der Waals surface area contributed by atoms with E-state index >= 15 is 0 Å². The predicted octanol–water partition coefficient (Wildman–Crippen LogP) is 1.64. The standard InChI is InChI=1S/C14H31N3/c1-11(2)14(9-15-12(3)4)17-8-7-13(10-17)16(5)6/h11-15H,7-10H2,1-6H3. The van der Waals surface area contributed by atoms with Gasteiger partial charge in [-0.3, -0.25) is 4.90 Å². The fraction of sp³-hybridized carbons (Fsp3) is 1.00. The first-order chi connectivity index (χ1) is 7.91. The minimum Gasteiger partial charge on any atom is -0.313 e. The third kappa shape index (κ3) is 4.57. The second-order valence-electron chi connectivity index (χ2n) is 6.28. The number of hydrogen-bond donors (Lipinski definition) is 1. The minimum atomic E-state index is 0.587. The Hall–Kier alpha value is -0.120. The Balaban J connectivity index is 2.48. The average molecular weight is 241 g/mol. The zero-order valence-electron chi connectivity index (χ0n) is 12.5. The summed E-state index contributed by atoms with van der Waals surface area (Å²) in [5.41, 5.74) is 0. The fourth-order valence-corrected chi connectivity index (χ4v) is 2.63. The maximum Gasteiger partial charge on any atom is 0.0244 e. The van der Waals surface area contributed by atoms with Crippen molar-refractivity contribution in [2.24, 2.45) is 5.92 Å². The van der Waals surface area contributed by atoms with Crippen LogP contribution >= 0.6 is 0 Å². The Morgan fingerprint density at radius 2 is 1.88 bits per heavy atom. The van der Waals surface area contributed by atoms with Gasteiger partial charge in [-0.15, -0.1) is 0 Å². The van der Waals surface area contributed by atoms with Gasteiger partial charge in [0.2, 0.25) is 0 Å². The average Bonchev–Trinajstić information content (AvgIpc) is 2.66. The highest BCUT2D eigenvalue weighted by atomic mass is 15.3. The van der Waals surface area contributed by atoms with Gasteiger partial charge in [0.25, 0.3) is 0 Å². The summed E-state index contributed by atoms with van der Waals surface area (Å²) < 4.78 is 0. The molecule has 2 unspecified atom stereocenters. The van der Waals surface area contributed by atoms with E-state index in [2.05, 4.69) is 56.9 Å². The van der Waals surface area contributed by atoms with Gasteiger partial charge in [-0.25, -0.2) is 0 Å². The Labute approximate surface area is 108 Å². The van der Waals surface area contributed by atoms with Crippen LogP contribution in [0.15, 0.2) is 0 Å². The van der Waals surface area contributed by atoms with E-state index in [9.17, 15) is 0 Å². The van der Waals surface area contributed by atoms with Crippen molar-refractivity contribution in [2.45, 2.75) is 52.2 Å². The van der Waals surface area contributed by atoms with E-state index in [-0.39, 0.29) is 0 Å². The molecule has 1 aliphatic rings. The minimum absolute atomic E-state index is 0.587. The Morgan fingerprint density at radius 3 is 2.29 bits per heavy atom. The molecule has 1 aliphatic heterocycles. The molecule has 102 valence electrons. The largest absolute Gasteiger partial charge is 0.313 e. The lowest BCUT2D eigenvalue weighted by molar-refractivity contribution is 0.169. The van der Waals surface area contributed by atoms with Crippen LogP contribution in [0.25, 0.3) is 0 Å². The molecule has 0 amide bonds. The summed E-state index contributed by atoms with van der Waals surface area (Å²) in [6.45, 7) is 12.7. The zero-order chi connectivity index (χ0) is 13.0. The topological polar surface area (TPSA) is 18.5 Å². The van der Waals surface area contributed by atoms with Crippen LogP contribution in [0, 0.1) is 5.92 Å². The molecule has 0 aromatic heterocycles. The Kier molecular flexibility index (Phi) is 5.90. The molecule has 1 heterocycles. The van der Waals surface area contributed by atoms with E-state index in [0.717, 1.165) is 18.5 Å². The molecule has 0 aromatic rings. The molecule has 1 N–H and O–H groups in total. The van der Waals surface area contributed by atoms with Crippen LogP contribution in [0.1, 0.15) is 34.1 Å². The molecule has 0 saturated carbocycles. The number of likely N-dealkylation sites (tertiary alicyclic amines) is 1. The molecule has 1 saturated heterocycles. The SMILES string of the molecule is CC(C)NCC(C(C)C)N1CCC(N(C)C)C1. The van der Waals surface area contributed by atoms with Crippen LogP contribution < -0.4 is 5.32 Å². The highest BCUT2D eigenvalue weighted by molar-refractivity contribution is 4.87. The number of hydrogen-bond acceptors (Lipinski definition) is 3. The first-order valence-electron chi connectivity index (χ1n) is 7.05. The third-order valence-electron chi connectivity index (χ3n) is 3.90. The molecule has 0 spiro atoms. The number of nitrogens with zero attached hydrogens (tertiary/aromatic N) is 2. The maximum atomic E-state index is 3.59. The maximum absolute atomic E-state index is 3.59. The first-order valence-corrected chi connectivity index (χ1v) is 7.05. The van der Waals surface area contributed by atoms with Crippen molar-refractivity contribution in [2.75, 3.05) is 33.7 Å². The van der Waals surface area contributed by atoms with Crippen molar-refractivity contribution < 1.29 is 0 Å². The Morgan fingerprint density at radius 1 is 1.24 bits per heavy atom. The lowest BCUT2D eigenvalue weighted by atomic mass is 10.0. The van der Waals surface area contributed by atoms with Gasteiger partial charge in [0.15, 0.2) is 0 Å². The van der Waals surface area contributed by atoms with Crippen molar-refractivity contribution in [3.05, 3.63) is 0 Å². The molecule has 0 aliphatic carbocycles. The molecular weight excluding hydrogens is 210 g/mol. The number of likely N-dealkylation sites (N-methyl/N-ethyl adjacent to an activating group) is 1. The highest BCUT2D eigenvalue weighted by Gasteiger charge is 2.30. The summed E-state index contributed by atoms with van der Waals surface area (Å²) >= 11 is 0. The van der Waals surface area contributed by atoms with Crippen LogP contribution in [0.5, 0.6) is 0 Å². The first kappa shape index (κ1) is 14.9. The lowest BCUT2D eigenvalue weighted by Crippen LogP contribution is -2.47. The summed E-state index contributed by atoms with van der Waals surface area (Å²) in [6.07, 6.45) is 1.32. The van der Waals surface area contributed by atoms with Crippen molar-refractivity contribution in [3.8, 4) is 0 Å². The molecule has 0 radical (unpaired) electrons. The van der Waals surface area contributed by atoms with Gasteiger partial charge in [-0.05, 0) is 26.4 Å². The van der Waals surface area contributed by atoms with Gasteiger partial charge < -0.3 is 10.2 Å². The Bertz CT molecular complexity index is 214. The van der Waals surface area contributed by atoms with E-state index < -0.39 is 0 Å². The van der Waals surface area contributed by atoms with E-state index in [1.165, 1.54) is 19.5 Å². The third-order valence-corrected chi connectivity index (χ3v) is 3.90. The summed E-state index contributed by atoms with van der Waals surface area (Å²) in [6, 6.07) is 2.01. The van der Waals surface area contributed by atoms with Gasteiger partial charge in [-0.1, -0.05) is 27.7 Å². The van der Waals surface area contributed by atoms with Crippen LogP contribution in [-0.4, -0.2) is 61.7 Å². The molecule has 17 heavy (non-hydrogen) atoms. The van der Waals surface area contributed by atoms with Crippen molar-refractivity contribution >= 4 is 0 Å². The van der Waals surface area contributed by atoms with Gasteiger partial charge >= 0.3 is 0 Å². The second-order valence-corrected chi connectivity index (χ2v) is 6.28. The summed E-state index contributed by atoms with van der Waals surface area (Å²) in [4.78, 5) is 5.04. The predicted molar refractivity (Wildman–Crippen MR) is 75.4 cm³/mol. The number of rotatable bonds is 6. The van der Waals surface area contributed by atoms with E-state index in [1.807, 2.05) is 0 Å². The van der Waals surface area contributed by atoms with Crippen molar-refractivity contribution in [1.82, 2.24) is 15.1 Å². The monoisotopic (exact) mass is 241 g/mol. The molecule has 1 rings (SSSR count).